The SMILES string of the molecule is NC(=O)C[C@@H](NC(=O)CC1CCCCC1)C(=O)NCCc1ccccc1. The third-order valence-electron chi connectivity index (χ3n) is 4.81. The van der Waals surface area contributed by atoms with Gasteiger partial charge in [-0.2, -0.15) is 0 Å². The van der Waals surface area contributed by atoms with E-state index in [-0.39, 0.29) is 18.2 Å². The molecule has 1 atom stereocenters. The van der Waals surface area contributed by atoms with Gasteiger partial charge in [-0.1, -0.05) is 49.6 Å². The van der Waals surface area contributed by atoms with Gasteiger partial charge in [-0.25, -0.2) is 0 Å². The highest BCUT2D eigenvalue weighted by Crippen LogP contribution is 2.26. The number of hydrogen-bond acceptors (Lipinski definition) is 3. The maximum Gasteiger partial charge on any atom is 0.243 e. The largest absolute Gasteiger partial charge is 0.370 e. The van der Waals surface area contributed by atoms with Crippen LogP contribution in [0.3, 0.4) is 0 Å². The van der Waals surface area contributed by atoms with Gasteiger partial charge in [0.15, 0.2) is 0 Å². The molecule has 0 radical (unpaired) electrons. The van der Waals surface area contributed by atoms with E-state index in [9.17, 15) is 14.4 Å². The molecule has 0 unspecified atom stereocenters. The van der Waals surface area contributed by atoms with E-state index < -0.39 is 11.9 Å². The van der Waals surface area contributed by atoms with Crippen LogP contribution in [0.1, 0.15) is 50.5 Å². The number of hydrogen-bond donors (Lipinski definition) is 3. The predicted molar refractivity (Wildman–Crippen MR) is 100 cm³/mol. The van der Waals surface area contributed by atoms with Crippen LogP contribution in [0.25, 0.3) is 0 Å². The molecule has 0 bridgehead atoms. The molecule has 26 heavy (non-hydrogen) atoms. The van der Waals surface area contributed by atoms with Crippen LogP contribution in [0.15, 0.2) is 30.3 Å². The van der Waals surface area contributed by atoms with Crippen LogP contribution in [0, 0.1) is 5.92 Å². The normalized spacial score (nSPS) is 15.8. The predicted octanol–water partition coefficient (Wildman–Crippen LogP) is 1.68. The summed E-state index contributed by atoms with van der Waals surface area (Å²) in [6.07, 6.45) is 6.55. The van der Waals surface area contributed by atoms with Crippen molar-refractivity contribution in [3.8, 4) is 0 Å². The molecule has 1 saturated carbocycles. The summed E-state index contributed by atoms with van der Waals surface area (Å²) < 4.78 is 0. The minimum atomic E-state index is -0.903. The minimum Gasteiger partial charge on any atom is -0.370 e. The quantitative estimate of drug-likeness (QED) is 0.625. The van der Waals surface area contributed by atoms with Crippen molar-refractivity contribution in [1.82, 2.24) is 10.6 Å². The van der Waals surface area contributed by atoms with E-state index in [2.05, 4.69) is 10.6 Å². The van der Waals surface area contributed by atoms with Crippen molar-refractivity contribution >= 4 is 17.7 Å². The van der Waals surface area contributed by atoms with Crippen LogP contribution in [0.5, 0.6) is 0 Å². The summed E-state index contributed by atoms with van der Waals surface area (Å²) in [5, 5.41) is 5.48. The van der Waals surface area contributed by atoms with Crippen molar-refractivity contribution in [2.24, 2.45) is 11.7 Å². The van der Waals surface area contributed by atoms with Gasteiger partial charge in [0.1, 0.15) is 6.04 Å². The van der Waals surface area contributed by atoms with Crippen molar-refractivity contribution in [2.45, 2.75) is 57.4 Å². The zero-order valence-corrected chi connectivity index (χ0v) is 15.2. The Labute approximate surface area is 154 Å². The number of carbonyl (C=O) groups is 3. The standard InChI is InChI=1S/C20H29N3O3/c21-18(24)14-17(23-19(25)13-16-9-5-2-6-10-16)20(26)22-12-11-15-7-3-1-4-8-15/h1,3-4,7-8,16-17H,2,5-6,9-14H2,(H2,21,24)(H,22,26)(H,23,25)/t17-/m1/s1. The van der Waals surface area contributed by atoms with Crippen LogP contribution in [0.2, 0.25) is 0 Å². The van der Waals surface area contributed by atoms with Crippen molar-refractivity contribution in [1.29, 1.82) is 0 Å². The molecule has 0 saturated heterocycles. The fourth-order valence-electron chi connectivity index (χ4n) is 3.42. The van der Waals surface area contributed by atoms with E-state index >= 15 is 0 Å². The van der Waals surface area contributed by atoms with E-state index in [1.165, 1.54) is 6.42 Å². The molecule has 0 aromatic heterocycles. The zero-order valence-electron chi connectivity index (χ0n) is 15.2. The van der Waals surface area contributed by atoms with E-state index in [0.717, 1.165) is 31.2 Å². The van der Waals surface area contributed by atoms with Crippen LogP contribution >= 0.6 is 0 Å². The lowest BCUT2D eigenvalue weighted by Gasteiger charge is -2.23. The highest BCUT2D eigenvalue weighted by atomic mass is 16.2. The first-order valence-corrected chi connectivity index (χ1v) is 9.44. The molecule has 2 rings (SSSR count). The van der Waals surface area contributed by atoms with Crippen LogP contribution in [0.4, 0.5) is 0 Å². The van der Waals surface area contributed by atoms with E-state index in [4.69, 9.17) is 5.73 Å². The molecule has 1 aliphatic rings. The lowest BCUT2D eigenvalue weighted by molar-refractivity contribution is -0.131. The Morgan fingerprint density at radius 2 is 1.77 bits per heavy atom. The monoisotopic (exact) mass is 359 g/mol. The molecule has 0 heterocycles. The molecule has 0 aliphatic heterocycles. The average molecular weight is 359 g/mol. The van der Waals surface area contributed by atoms with Crippen LogP contribution < -0.4 is 16.4 Å². The average Bonchev–Trinajstić information content (AvgIpc) is 2.62. The molecule has 3 amide bonds. The second-order valence-electron chi connectivity index (χ2n) is 7.03. The summed E-state index contributed by atoms with van der Waals surface area (Å²) in [4.78, 5) is 35.9. The van der Waals surface area contributed by atoms with Crippen molar-refractivity contribution in [3.63, 3.8) is 0 Å². The highest BCUT2D eigenvalue weighted by molar-refractivity contribution is 5.91. The van der Waals surface area contributed by atoms with Crippen molar-refractivity contribution < 1.29 is 14.4 Å². The summed E-state index contributed by atoms with van der Waals surface area (Å²) in [6.45, 7) is 0.441. The van der Waals surface area contributed by atoms with Gasteiger partial charge in [-0.3, -0.25) is 14.4 Å². The summed E-state index contributed by atoms with van der Waals surface area (Å²) in [7, 11) is 0. The highest BCUT2D eigenvalue weighted by Gasteiger charge is 2.24. The Morgan fingerprint density at radius 1 is 1.08 bits per heavy atom. The Morgan fingerprint density at radius 3 is 2.42 bits per heavy atom. The first-order chi connectivity index (χ1) is 12.5. The zero-order chi connectivity index (χ0) is 18.8. The smallest absolute Gasteiger partial charge is 0.243 e. The fourth-order valence-corrected chi connectivity index (χ4v) is 3.42. The maximum atomic E-state index is 12.4. The summed E-state index contributed by atoms with van der Waals surface area (Å²) in [5.74, 6) is -0.775. The molecule has 6 heteroatoms. The van der Waals surface area contributed by atoms with Gasteiger partial charge in [0.05, 0.1) is 6.42 Å². The summed E-state index contributed by atoms with van der Waals surface area (Å²) in [5.41, 5.74) is 6.35. The van der Waals surface area contributed by atoms with Crippen LogP contribution in [-0.4, -0.2) is 30.3 Å². The van der Waals surface area contributed by atoms with E-state index in [0.29, 0.717) is 25.3 Å². The number of benzene rings is 1. The van der Waals surface area contributed by atoms with Crippen molar-refractivity contribution in [2.75, 3.05) is 6.54 Å². The third-order valence-corrected chi connectivity index (χ3v) is 4.81. The topological polar surface area (TPSA) is 101 Å². The van der Waals surface area contributed by atoms with Gasteiger partial charge < -0.3 is 16.4 Å². The van der Waals surface area contributed by atoms with Crippen molar-refractivity contribution in [3.05, 3.63) is 35.9 Å². The number of nitrogens with one attached hydrogen (secondary N) is 2. The van der Waals surface area contributed by atoms with Crippen LogP contribution in [-0.2, 0) is 20.8 Å². The number of amides is 3. The lowest BCUT2D eigenvalue weighted by atomic mass is 9.87. The Balaban J connectivity index is 1.81. The minimum absolute atomic E-state index is 0.179. The third kappa shape index (κ3) is 7.25. The lowest BCUT2D eigenvalue weighted by Crippen LogP contribution is -2.49. The number of carbonyl (C=O) groups excluding carboxylic acids is 3. The fraction of sp³-hybridized carbons (Fsp3) is 0.550. The summed E-state index contributed by atoms with van der Waals surface area (Å²) >= 11 is 0. The molecule has 6 nitrogen and oxygen atoms in total. The van der Waals surface area contributed by atoms with E-state index in [1.807, 2.05) is 30.3 Å². The van der Waals surface area contributed by atoms with Gasteiger partial charge in [0.25, 0.3) is 0 Å². The number of rotatable bonds is 9. The Kier molecular flexibility index (Phi) is 8.12. The first-order valence-electron chi connectivity index (χ1n) is 9.44. The molecule has 0 spiro atoms. The van der Waals surface area contributed by atoms with E-state index in [1.54, 1.807) is 0 Å². The molecule has 1 aromatic rings. The first kappa shape index (κ1) is 19.9. The molecule has 1 fully saturated rings. The van der Waals surface area contributed by atoms with Gasteiger partial charge >= 0.3 is 0 Å². The Bertz CT molecular complexity index is 598. The number of primary amides is 1. The van der Waals surface area contributed by atoms with Gasteiger partial charge in [0, 0.05) is 13.0 Å². The molecule has 4 N–H and O–H groups in total. The molecule has 142 valence electrons. The van der Waals surface area contributed by atoms with Gasteiger partial charge in [0.2, 0.25) is 17.7 Å². The molecular weight excluding hydrogens is 330 g/mol. The summed E-state index contributed by atoms with van der Waals surface area (Å²) in [6, 6.07) is 8.89. The molecular formula is C20H29N3O3. The van der Waals surface area contributed by atoms with Gasteiger partial charge in [-0.15, -0.1) is 0 Å². The number of nitrogens with two attached hydrogens (primary N) is 1. The second kappa shape index (κ2) is 10.6. The van der Waals surface area contributed by atoms with Gasteiger partial charge in [-0.05, 0) is 30.7 Å². The maximum absolute atomic E-state index is 12.4. The second-order valence-corrected chi connectivity index (χ2v) is 7.03. The molecule has 1 aliphatic carbocycles. The Hall–Kier alpha value is -2.37. The molecule has 1 aromatic carbocycles.